The summed E-state index contributed by atoms with van der Waals surface area (Å²) in [5, 5.41) is 12.0. The number of nitriles is 1. The van der Waals surface area contributed by atoms with Gasteiger partial charge in [-0.3, -0.25) is 9.69 Å². The average molecular weight is 580 g/mol. The molecule has 1 amide bonds. The fourth-order valence-electron chi connectivity index (χ4n) is 6.89. The number of carbonyl (C=O) groups excluding carboxylic acids is 1. The molecule has 222 valence electrons. The van der Waals surface area contributed by atoms with Crippen LogP contribution in [0.15, 0.2) is 55.1 Å². The van der Waals surface area contributed by atoms with Crippen LogP contribution in [0.4, 0.5) is 11.5 Å². The molecule has 3 aromatic rings. The molecule has 43 heavy (non-hydrogen) atoms. The van der Waals surface area contributed by atoms with Crippen LogP contribution >= 0.6 is 0 Å². The number of hydrogen-bond acceptors (Lipinski definition) is 9. The van der Waals surface area contributed by atoms with Crippen molar-refractivity contribution in [2.75, 3.05) is 62.3 Å². The number of fused-ring (bicyclic) bond motifs is 3. The van der Waals surface area contributed by atoms with Crippen LogP contribution in [0.2, 0.25) is 0 Å². The van der Waals surface area contributed by atoms with Gasteiger partial charge in [-0.1, -0.05) is 43.0 Å². The maximum atomic E-state index is 12.5. The van der Waals surface area contributed by atoms with E-state index in [0.717, 1.165) is 56.2 Å². The standard InChI is InChI=1S/C33H37N7O3/c1-2-31(41)40-17-16-39(19-24(40)11-13-34)32-26-12-15-38(28-10-5-8-23-7-3-4-9-25(23)28)20-27(26)35-33(36-32)42-18-6-14-37-21-30-29(37)22-43-30/h2-5,7-10,24,29-30H,1,6,11-12,14-22H2/t24?,29-,30?/m1/s1. The first kappa shape index (κ1) is 27.6. The first-order valence-corrected chi connectivity index (χ1v) is 15.3. The van der Waals surface area contributed by atoms with Gasteiger partial charge in [-0.2, -0.15) is 15.2 Å². The lowest BCUT2D eigenvalue weighted by Gasteiger charge is -2.55. The molecule has 0 radical (unpaired) electrons. The summed E-state index contributed by atoms with van der Waals surface area (Å²) in [4.78, 5) is 31.3. The second kappa shape index (κ2) is 11.8. The monoisotopic (exact) mass is 579 g/mol. The number of hydrogen-bond donors (Lipinski definition) is 0. The molecule has 4 aliphatic rings. The van der Waals surface area contributed by atoms with E-state index in [2.05, 4.69) is 69.8 Å². The number of ether oxygens (including phenoxy) is 2. The number of carbonyl (C=O) groups is 1. The largest absolute Gasteiger partial charge is 0.463 e. The Morgan fingerprint density at radius 2 is 2.00 bits per heavy atom. The van der Waals surface area contributed by atoms with Crippen molar-refractivity contribution < 1.29 is 14.3 Å². The Hall–Kier alpha value is -4.20. The molecule has 10 heteroatoms. The van der Waals surface area contributed by atoms with Gasteiger partial charge in [0.25, 0.3) is 0 Å². The highest BCUT2D eigenvalue weighted by Gasteiger charge is 2.46. The molecule has 0 bridgehead atoms. The van der Waals surface area contributed by atoms with Crippen molar-refractivity contribution in [2.24, 2.45) is 0 Å². The summed E-state index contributed by atoms with van der Waals surface area (Å²) in [7, 11) is 0. The third kappa shape index (κ3) is 5.28. The molecule has 4 aliphatic heterocycles. The van der Waals surface area contributed by atoms with Crippen molar-refractivity contribution in [2.45, 2.75) is 44.0 Å². The van der Waals surface area contributed by atoms with Crippen LogP contribution < -0.4 is 14.5 Å². The third-order valence-electron chi connectivity index (χ3n) is 9.31. The van der Waals surface area contributed by atoms with Crippen LogP contribution in [-0.2, 0) is 22.5 Å². The third-order valence-corrected chi connectivity index (χ3v) is 9.31. The molecular weight excluding hydrogens is 542 g/mol. The van der Waals surface area contributed by atoms with Gasteiger partial charge in [-0.15, -0.1) is 0 Å². The Bertz CT molecular complexity index is 1570. The first-order chi connectivity index (χ1) is 21.1. The number of nitrogens with zero attached hydrogens (tertiary/aromatic N) is 7. The minimum absolute atomic E-state index is 0.138. The van der Waals surface area contributed by atoms with E-state index in [9.17, 15) is 10.1 Å². The molecule has 0 N–H and O–H groups in total. The van der Waals surface area contributed by atoms with Gasteiger partial charge in [0.05, 0.1) is 56.1 Å². The first-order valence-electron chi connectivity index (χ1n) is 15.3. The maximum absolute atomic E-state index is 12.5. The molecule has 0 aliphatic carbocycles. The fourth-order valence-corrected chi connectivity index (χ4v) is 6.89. The fraction of sp³-hybridized carbons (Fsp3) is 0.455. The SMILES string of the molecule is C=CC(=O)N1CCN(c2nc(OCCCN3CC4OC[C@H]43)nc3c2CCN(c2cccc4ccccc24)C3)CC1CC#N. The normalized spacial score (nSPS) is 23.0. The number of morpholine rings is 1. The minimum Gasteiger partial charge on any atom is -0.463 e. The summed E-state index contributed by atoms with van der Waals surface area (Å²) in [6.45, 7) is 10.2. The lowest BCUT2D eigenvalue weighted by Crippen LogP contribution is -2.70. The lowest BCUT2D eigenvalue weighted by molar-refractivity contribution is -0.214. The summed E-state index contributed by atoms with van der Waals surface area (Å²) in [6.07, 6.45) is 3.71. The van der Waals surface area contributed by atoms with E-state index in [1.807, 2.05) is 0 Å². The number of benzene rings is 2. The predicted octanol–water partition coefficient (Wildman–Crippen LogP) is 3.16. The number of rotatable bonds is 9. The van der Waals surface area contributed by atoms with Crippen molar-refractivity contribution in [1.82, 2.24) is 19.8 Å². The Morgan fingerprint density at radius 3 is 2.79 bits per heavy atom. The maximum Gasteiger partial charge on any atom is 0.318 e. The zero-order valence-corrected chi connectivity index (χ0v) is 24.4. The van der Waals surface area contributed by atoms with Gasteiger partial charge >= 0.3 is 6.01 Å². The summed E-state index contributed by atoms with van der Waals surface area (Å²) >= 11 is 0. The molecule has 5 heterocycles. The second-order valence-corrected chi connectivity index (χ2v) is 11.8. The van der Waals surface area contributed by atoms with Crippen molar-refractivity contribution in [1.29, 1.82) is 5.26 Å². The van der Waals surface area contributed by atoms with E-state index in [4.69, 9.17) is 19.4 Å². The number of amides is 1. The van der Waals surface area contributed by atoms with Crippen LogP contribution in [0.5, 0.6) is 6.01 Å². The number of aromatic nitrogens is 2. The zero-order chi connectivity index (χ0) is 29.3. The molecule has 3 fully saturated rings. The molecule has 0 saturated carbocycles. The van der Waals surface area contributed by atoms with Crippen molar-refractivity contribution in [3.8, 4) is 12.1 Å². The quantitative estimate of drug-likeness (QED) is 0.280. The van der Waals surface area contributed by atoms with Crippen LogP contribution in [0, 0.1) is 11.3 Å². The lowest BCUT2D eigenvalue weighted by atomic mass is 9.95. The zero-order valence-electron chi connectivity index (χ0n) is 24.4. The molecular formula is C33H37N7O3. The minimum atomic E-state index is -0.231. The highest BCUT2D eigenvalue weighted by Crippen LogP contribution is 2.35. The number of likely N-dealkylation sites (tertiary alicyclic amines) is 1. The average Bonchev–Trinajstić information content (AvgIpc) is 3.03. The van der Waals surface area contributed by atoms with Crippen molar-refractivity contribution in [3.63, 3.8) is 0 Å². The highest BCUT2D eigenvalue weighted by atomic mass is 16.5. The number of piperazine rings is 1. The summed E-state index contributed by atoms with van der Waals surface area (Å²) in [5.74, 6) is 0.727. The predicted molar refractivity (Wildman–Crippen MR) is 164 cm³/mol. The van der Waals surface area contributed by atoms with E-state index < -0.39 is 0 Å². The van der Waals surface area contributed by atoms with Gasteiger partial charge in [0.1, 0.15) is 5.82 Å². The van der Waals surface area contributed by atoms with E-state index in [1.165, 1.54) is 22.5 Å². The van der Waals surface area contributed by atoms with E-state index in [0.29, 0.717) is 50.9 Å². The van der Waals surface area contributed by atoms with Gasteiger partial charge in [0, 0.05) is 55.9 Å². The van der Waals surface area contributed by atoms with Crippen molar-refractivity contribution in [3.05, 3.63) is 66.4 Å². The Labute approximate surface area is 252 Å². The molecule has 1 aromatic heterocycles. The summed E-state index contributed by atoms with van der Waals surface area (Å²) in [6, 6.07) is 17.9. The Morgan fingerprint density at radius 1 is 1.12 bits per heavy atom. The van der Waals surface area contributed by atoms with Gasteiger partial charge < -0.3 is 24.2 Å². The molecule has 3 saturated heterocycles. The van der Waals surface area contributed by atoms with Gasteiger partial charge in [0.15, 0.2) is 0 Å². The van der Waals surface area contributed by atoms with Crippen LogP contribution in [0.3, 0.4) is 0 Å². The highest BCUT2D eigenvalue weighted by molar-refractivity contribution is 5.94. The summed E-state index contributed by atoms with van der Waals surface area (Å²) in [5.41, 5.74) is 3.29. The second-order valence-electron chi connectivity index (χ2n) is 11.8. The topological polar surface area (TPSA) is 98.1 Å². The molecule has 2 aromatic carbocycles. The molecule has 10 nitrogen and oxygen atoms in total. The van der Waals surface area contributed by atoms with Gasteiger partial charge in [0.2, 0.25) is 5.91 Å². The van der Waals surface area contributed by atoms with Crippen LogP contribution in [0.25, 0.3) is 10.8 Å². The van der Waals surface area contributed by atoms with Gasteiger partial charge in [-0.25, -0.2) is 0 Å². The smallest absolute Gasteiger partial charge is 0.318 e. The molecule has 0 spiro atoms. The van der Waals surface area contributed by atoms with Crippen LogP contribution in [-0.4, -0.2) is 96.3 Å². The number of anilines is 2. The Kier molecular flexibility index (Phi) is 7.59. The molecule has 2 unspecified atom stereocenters. The van der Waals surface area contributed by atoms with E-state index in [-0.39, 0.29) is 18.4 Å². The van der Waals surface area contributed by atoms with E-state index >= 15 is 0 Å². The van der Waals surface area contributed by atoms with Crippen molar-refractivity contribution >= 4 is 28.2 Å². The molecule has 3 atom stereocenters. The Balaban J connectivity index is 1.14. The molecule has 7 rings (SSSR count). The van der Waals surface area contributed by atoms with Crippen LogP contribution in [0.1, 0.15) is 24.1 Å². The van der Waals surface area contributed by atoms with Gasteiger partial charge in [-0.05, 0) is 30.4 Å². The summed E-state index contributed by atoms with van der Waals surface area (Å²) < 4.78 is 11.7. The van der Waals surface area contributed by atoms with E-state index in [1.54, 1.807) is 4.90 Å².